The number of thioether (sulfide) groups is 1. The van der Waals surface area contributed by atoms with Crippen molar-refractivity contribution in [2.24, 2.45) is 0 Å². The molecule has 1 rings (SSSR count). The SMILES string of the molecule is CCSCCC(O)c1cccc(F)c1F. The monoisotopic (exact) mass is 232 g/mol. The van der Waals surface area contributed by atoms with Gasteiger partial charge < -0.3 is 5.11 Å². The van der Waals surface area contributed by atoms with Crippen molar-refractivity contribution in [1.82, 2.24) is 0 Å². The minimum absolute atomic E-state index is 0.0479. The van der Waals surface area contributed by atoms with Gasteiger partial charge in [-0.3, -0.25) is 0 Å². The Morgan fingerprint density at radius 2 is 2.13 bits per heavy atom. The summed E-state index contributed by atoms with van der Waals surface area (Å²) < 4.78 is 26.1. The fourth-order valence-electron chi connectivity index (χ4n) is 1.27. The molecular weight excluding hydrogens is 218 g/mol. The molecule has 0 saturated carbocycles. The first kappa shape index (κ1) is 12.5. The number of hydrogen-bond acceptors (Lipinski definition) is 2. The van der Waals surface area contributed by atoms with Gasteiger partial charge in [0.2, 0.25) is 0 Å². The van der Waals surface area contributed by atoms with Crippen molar-refractivity contribution in [3.63, 3.8) is 0 Å². The summed E-state index contributed by atoms with van der Waals surface area (Å²) in [6, 6.07) is 3.87. The molecule has 1 unspecified atom stereocenters. The number of halogens is 2. The Bertz CT molecular complexity index is 317. The van der Waals surface area contributed by atoms with Gasteiger partial charge in [0.15, 0.2) is 11.6 Å². The standard InChI is InChI=1S/C11H14F2OS/c1-2-15-7-6-10(14)8-4-3-5-9(12)11(8)13/h3-5,10,14H,2,6-7H2,1H3. The van der Waals surface area contributed by atoms with E-state index in [1.165, 1.54) is 12.1 Å². The molecule has 4 heteroatoms. The summed E-state index contributed by atoms with van der Waals surface area (Å²) in [5, 5.41) is 9.63. The van der Waals surface area contributed by atoms with Gasteiger partial charge in [-0.2, -0.15) is 11.8 Å². The van der Waals surface area contributed by atoms with Gasteiger partial charge >= 0.3 is 0 Å². The molecule has 1 aromatic rings. The molecule has 0 amide bonds. The lowest BCUT2D eigenvalue weighted by atomic mass is 10.1. The van der Waals surface area contributed by atoms with Crippen molar-refractivity contribution >= 4 is 11.8 Å². The minimum atomic E-state index is -0.938. The Morgan fingerprint density at radius 3 is 2.80 bits per heavy atom. The molecule has 0 aromatic heterocycles. The van der Waals surface area contributed by atoms with Crippen molar-refractivity contribution in [2.45, 2.75) is 19.4 Å². The van der Waals surface area contributed by atoms with Gasteiger partial charge in [-0.25, -0.2) is 8.78 Å². The van der Waals surface area contributed by atoms with Crippen LogP contribution in [0.4, 0.5) is 8.78 Å². The molecule has 0 bridgehead atoms. The predicted molar refractivity (Wildman–Crippen MR) is 58.9 cm³/mol. The highest BCUT2D eigenvalue weighted by molar-refractivity contribution is 7.99. The van der Waals surface area contributed by atoms with Gasteiger partial charge in [0, 0.05) is 5.56 Å². The van der Waals surface area contributed by atoms with E-state index in [2.05, 4.69) is 0 Å². The van der Waals surface area contributed by atoms with Gasteiger partial charge in [-0.15, -0.1) is 0 Å². The Kier molecular flexibility index (Phi) is 5.05. The van der Waals surface area contributed by atoms with E-state index in [4.69, 9.17) is 0 Å². The van der Waals surface area contributed by atoms with Crippen LogP contribution in [0.2, 0.25) is 0 Å². The fraction of sp³-hybridized carbons (Fsp3) is 0.455. The molecule has 0 heterocycles. The molecule has 0 spiro atoms. The van der Waals surface area contributed by atoms with Crippen LogP contribution in [0.15, 0.2) is 18.2 Å². The second-order valence-corrected chi connectivity index (χ2v) is 4.54. The zero-order valence-electron chi connectivity index (χ0n) is 8.54. The molecule has 1 N–H and O–H groups in total. The van der Waals surface area contributed by atoms with Crippen molar-refractivity contribution in [2.75, 3.05) is 11.5 Å². The number of aliphatic hydroxyl groups excluding tert-OH is 1. The summed E-state index contributed by atoms with van der Waals surface area (Å²) in [7, 11) is 0. The maximum absolute atomic E-state index is 13.2. The van der Waals surface area contributed by atoms with Crippen LogP contribution in [0.1, 0.15) is 25.0 Å². The van der Waals surface area contributed by atoms with E-state index in [-0.39, 0.29) is 5.56 Å². The van der Waals surface area contributed by atoms with Crippen molar-refractivity contribution in [3.05, 3.63) is 35.4 Å². The summed E-state index contributed by atoms with van der Waals surface area (Å²) in [6.45, 7) is 2.01. The predicted octanol–water partition coefficient (Wildman–Crippen LogP) is 3.14. The molecular formula is C11H14F2OS. The molecule has 0 fully saturated rings. The summed E-state index contributed by atoms with van der Waals surface area (Å²) in [4.78, 5) is 0. The summed E-state index contributed by atoms with van der Waals surface area (Å²) >= 11 is 1.66. The molecule has 0 aliphatic carbocycles. The lowest BCUT2D eigenvalue weighted by molar-refractivity contribution is 0.169. The van der Waals surface area contributed by atoms with E-state index in [0.717, 1.165) is 17.6 Å². The van der Waals surface area contributed by atoms with Crippen LogP contribution in [-0.4, -0.2) is 16.6 Å². The van der Waals surface area contributed by atoms with E-state index in [9.17, 15) is 13.9 Å². The molecule has 84 valence electrons. The first-order valence-electron chi connectivity index (χ1n) is 4.86. The van der Waals surface area contributed by atoms with Crippen LogP contribution < -0.4 is 0 Å². The Hall–Kier alpha value is -0.610. The van der Waals surface area contributed by atoms with Crippen LogP contribution >= 0.6 is 11.8 Å². The van der Waals surface area contributed by atoms with E-state index < -0.39 is 17.7 Å². The van der Waals surface area contributed by atoms with E-state index in [1.54, 1.807) is 11.8 Å². The van der Waals surface area contributed by atoms with Crippen LogP contribution in [0.25, 0.3) is 0 Å². The Labute approximate surface area is 92.5 Å². The smallest absolute Gasteiger partial charge is 0.164 e. The molecule has 15 heavy (non-hydrogen) atoms. The molecule has 0 aliphatic rings. The summed E-state index contributed by atoms with van der Waals surface area (Å²) in [5.41, 5.74) is 0.0479. The topological polar surface area (TPSA) is 20.2 Å². The van der Waals surface area contributed by atoms with Gasteiger partial charge in [-0.05, 0) is 24.0 Å². The zero-order valence-corrected chi connectivity index (χ0v) is 9.36. The maximum Gasteiger partial charge on any atom is 0.164 e. The third-order valence-electron chi connectivity index (χ3n) is 2.08. The van der Waals surface area contributed by atoms with Gasteiger partial charge in [0.05, 0.1) is 6.10 Å². The van der Waals surface area contributed by atoms with Crippen molar-refractivity contribution in [1.29, 1.82) is 0 Å². The van der Waals surface area contributed by atoms with Crippen molar-refractivity contribution < 1.29 is 13.9 Å². The first-order chi connectivity index (χ1) is 7.16. The second kappa shape index (κ2) is 6.08. The summed E-state index contributed by atoms with van der Waals surface area (Å²) in [6.07, 6.45) is -0.474. The highest BCUT2D eigenvalue weighted by atomic mass is 32.2. The third kappa shape index (κ3) is 3.47. The number of aliphatic hydroxyl groups is 1. The number of rotatable bonds is 5. The molecule has 1 atom stereocenters. The normalized spacial score (nSPS) is 12.8. The van der Waals surface area contributed by atoms with E-state index in [0.29, 0.717) is 6.42 Å². The van der Waals surface area contributed by atoms with Gasteiger partial charge in [0.1, 0.15) is 0 Å². The Balaban J connectivity index is 2.65. The van der Waals surface area contributed by atoms with Gasteiger partial charge in [-0.1, -0.05) is 19.1 Å². The molecule has 0 saturated heterocycles. The molecule has 1 aromatic carbocycles. The third-order valence-corrected chi connectivity index (χ3v) is 3.01. The highest BCUT2D eigenvalue weighted by Gasteiger charge is 2.15. The van der Waals surface area contributed by atoms with E-state index >= 15 is 0 Å². The average molecular weight is 232 g/mol. The highest BCUT2D eigenvalue weighted by Crippen LogP contribution is 2.23. The number of hydrogen-bond donors (Lipinski definition) is 1. The lowest BCUT2D eigenvalue weighted by Gasteiger charge is -2.11. The summed E-state index contributed by atoms with van der Waals surface area (Å²) in [5.74, 6) is -0.146. The largest absolute Gasteiger partial charge is 0.388 e. The van der Waals surface area contributed by atoms with Gasteiger partial charge in [0.25, 0.3) is 0 Å². The maximum atomic E-state index is 13.2. The van der Waals surface area contributed by atoms with Crippen LogP contribution in [0.3, 0.4) is 0 Å². The Morgan fingerprint density at radius 1 is 1.40 bits per heavy atom. The lowest BCUT2D eigenvalue weighted by Crippen LogP contribution is -2.03. The molecule has 1 nitrogen and oxygen atoms in total. The van der Waals surface area contributed by atoms with Crippen LogP contribution in [0, 0.1) is 11.6 Å². The van der Waals surface area contributed by atoms with Crippen LogP contribution in [-0.2, 0) is 0 Å². The van der Waals surface area contributed by atoms with Crippen molar-refractivity contribution in [3.8, 4) is 0 Å². The van der Waals surface area contributed by atoms with E-state index in [1.807, 2.05) is 6.92 Å². The molecule has 0 aliphatic heterocycles. The average Bonchev–Trinajstić information content (AvgIpc) is 2.22. The first-order valence-corrected chi connectivity index (χ1v) is 6.02. The number of benzene rings is 1. The quantitative estimate of drug-likeness (QED) is 0.787. The minimum Gasteiger partial charge on any atom is -0.388 e. The second-order valence-electron chi connectivity index (χ2n) is 3.14. The van der Waals surface area contributed by atoms with Crippen LogP contribution in [0.5, 0.6) is 0 Å². The zero-order chi connectivity index (χ0) is 11.3. The fourth-order valence-corrected chi connectivity index (χ4v) is 1.95. The molecule has 0 radical (unpaired) electrons.